The predicted molar refractivity (Wildman–Crippen MR) is 63.4 cm³/mol. The summed E-state index contributed by atoms with van der Waals surface area (Å²) in [6.07, 6.45) is 0. The van der Waals surface area contributed by atoms with Crippen molar-refractivity contribution in [3.63, 3.8) is 0 Å². The molecule has 0 aliphatic carbocycles. The first kappa shape index (κ1) is 16.7. The maximum absolute atomic E-state index is 10.6. The van der Waals surface area contributed by atoms with Gasteiger partial charge in [0.1, 0.15) is 0 Å². The second kappa shape index (κ2) is 6.61. The van der Waals surface area contributed by atoms with Gasteiger partial charge in [-0.3, -0.25) is 4.72 Å². The van der Waals surface area contributed by atoms with Gasteiger partial charge < -0.3 is 9.45 Å². The van der Waals surface area contributed by atoms with E-state index in [1.54, 1.807) is 19.1 Å². The molecule has 0 fully saturated rings. The largest absolute Gasteiger partial charge is 1.00 e. The Kier molecular flexibility index (Phi) is 6.50. The standard InChI is InChI=1S/C10H16N2O3S.Na/c1-4-12(3)9-5-6-10(8(2)7-9)11-16(13,14)15;/h5-7,11H,4H2,1-3H3,(H,13,14,15);/q;+1/p-1. The van der Waals surface area contributed by atoms with Crippen LogP contribution in [0.4, 0.5) is 11.4 Å². The molecule has 1 rings (SSSR count). The molecule has 90 valence electrons. The van der Waals surface area contributed by atoms with E-state index in [4.69, 9.17) is 0 Å². The summed E-state index contributed by atoms with van der Waals surface area (Å²) in [5, 5.41) is 0. The second-order valence-electron chi connectivity index (χ2n) is 3.57. The molecule has 0 amide bonds. The summed E-state index contributed by atoms with van der Waals surface area (Å²) in [6.45, 7) is 4.62. The number of nitrogens with one attached hydrogen (secondary N) is 1. The molecule has 0 spiro atoms. The van der Waals surface area contributed by atoms with Crippen LogP contribution in [0.25, 0.3) is 0 Å². The summed E-state index contributed by atoms with van der Waals surface area (Å²) in [5.41, 5.74) is 2.02. The average molecular weight is 266 g/mol. The molecule has 0 saturated heterocycles. The van der Waals surface area contributed by atoms with Crippen molar-refractivity contribution in [1.29, 1.82) is 0 Å². The number of benzene rings is 1. The van der Waals surface area contributed by atoms with Gasteiger partial charge in [0, 0.05) is 19.3 Å². The van der Waals surface area contributed by atoms with Gasteiger partial charge >= 0.3 is 29.6 Å². The Balaban J connectivity index is 0.00000256. The van der Waals surface area contributed by atoms with Crippen LogP contribution in [-0.4, -0.2) is 26.6 Å². The smallest absolute Gasteiger partial charge is 0.731 e. The van der Waals surface area contributed by atoms with E-state index < -0.39 is 10.3 Å². The molecule has 0 radical (unpaired) electrons. The molecule has 0 unspecified atom stereocenters. The molecule has 0 bridgehead atoms. The summed E-state index contributed by atoms with van der Waals surface area (Å²) in [5.74, 6) is 0. The molecule has 5 nitrogen and oxygen atoms in total. The molecule has 1 aromatic rings. The predicted octanol–water partition coefficient (Wildman–Crippen LogP) is -1.67. The summed E-state index contributed by atoms with van der Waals surface area (Å²) in [7, 11) is -2.52. The summed E-state index contributed by atoms with van der Waals surface area (Å²) >= 11 is 0. The van der Waals surface area contributed by atoms with Crippen molar-refractivity contribution >= 4 is 21.7 Å². The number of nitrogens with zero attached hydrogens (tertiary/aromatic N) is 1. The van der Waals surface area contributed by atoms with Crippen molar-refractivity contribution in [2.45, 2.75) is 13.8 Å². The fraction of sp³-hybridized carbons (Fsp3) is 0.400. The quantitative estimate of drug-likeness (QED) is 0.522. The van der Waals surface area contributed by atoms with Crippen molar-refractivity contribution in [1.82, 2.24) is 0 Å². The van der Waals surface area contributed by atoms with Gasteiger partial charge in [0.15, 0.2) is 10.3 Å². The van der Waals surface area contributed by atoms with Gasteiger partial charge in [-0.25, -0.2) is 8.42 Å². The summed E-state index contributed by atoms with van der Waals surface area (Å²) in [4.78, 5) is 2.02. The monoisotopic (exact) mass is 266 g/mol. The van der Waals surface area contributed by atoms with E-state index in [-0.39, 0.29) is 29.6 Å². The summed E-state index contributed by atoms with van der Waals surface area (Å²) in [6, 6.07) is 5.19. The Morgan fingerprint density at radius 1 is 1.41 bits per heavy atom. The van der Waals surface area contributed by atoms with Gasteiger partial charge in [0.25, 0.3) is 0 Å². The number of hydrogen-bond donors (Lipinski definition) is 1. The van der Waals surface area contributed by atoms with Crippen LogP contribution in [0.1, 0.15) is 12.5 Å². The topological polar surface area (TPSA) is 72.5 Å². The first-order valence-corrected chi connectivity index (χ1v) is 6.29. The number of hydrogen-bond acceptors (Lipinski definition) is 4. The molecule has 0 saturated carbocycles. The van der Waals surface area contributed by atoms with Gasteiger partial charge in [0.2, 0.25) is 0 Å². The average Bonchev–Trinajstić information content (AvgIpc) is 2.18. The van der Waals surface area contributed by atoms with E-state index in [2.05, 4.69) is 0 Å². The minimum Gasteiger partial charge on any atom is -0.731 e. The minimum absolute atomic E-state index is 0. The zero-order valence-electron chi connectivity index (χ0n) is 10.5. The van der Waals surface area contributed by atoms with E-state index in [0.29, 0.717) is 5.69 Å². The van der Waals surface area contributed by atoms with Crippen LogP contribution >= 0.6 is 0 Å². The van der Waals surface area contributed by atoms with E-state index in [1.165, 1.54) is 0 Å². The van der Waals surface area contributed by atoms with Gasteiger partial charge in [-0.05, 0) is 37.6 Å². The second-order valence-corrected chi connectivity index (χ2v) is 4.68. The van der Waals surface area contributed by atoms with Crippen molar-refractivity contribution in [3.05, 3.63) is 23.8 Å². The van der Waals surface area contributed by atoms with Gasteiger partial charge in [-0.1, -0.05) is 0 Å². The molecule has 1 N–H and O–H groups in total. The van der Waals surface area contributed by atoms with Crippen molar-refractivity contribution < 1.29 is 42.5 Å². The molecule has 17 heavy (non-hydrogen) atoms. The molecule has 0 atom stereocenters. The third-order valence-electron chi connectivity index (χ3n) is 2.36. The van der Waals surface area contributed by atoms with Gasteiger partial charge in [-0.15, -0.1) is 0 Å². The molecular weight excluding hydrogens is 251 g/mol. The Bertz CT molecular complexity index is 476. The van der Waals surface area contributed by atoms with Crippen LogP contribution in [0, 0.1) is 6.92 Å². The normalized spacial score (nSPS) is 10.6. The number of rotatable bonds is 4. The minimum atomic E-state index is -4.45. The first-order chi connectivity index (χ1) is 7.33. The van der Waals surface area contributed by atoms with Crippen LogP contribution < -0.4 is 39.2 Å². The SMILES string of the molecule is CCN(C)c1ccc(NS(=O)(=O)[O-])c(C)c1.[Na+]. The van der Waals surface area contributed by atoms with Crippen molar-refractivity contribution in [3.8, 4) is 0 Å². The third kappa shape index (κ3) is 5.27. The fourth-order valence-electron chi connectivity index (χ4n) is 1.32. The van der Waals surface area contributed by atoms with Gasteiger partial charge in [-0.2, -0.15) is 0 Å². The maximum atomic E-state index is 10.6. The molecular formula is C10H15N2NaO3S. The van der Waals surface area contributed by atoms with Crippen LogP contribution in [0.5, 0.6) is 0 Å². The number of aryl methyl sites for hydroxylation is 1. The Labute approximate surface area is 124 Å². The van der Waals surface area contributed by atoms with Crippen molar-refractivity contribution in [2.24, 2.45) is 0 Å². The molecule has 0 aliphatic rings. The van der Waals surface area contributed by atoms with Crippen molar-refractivity contribution in [2.75, 3.05) is 23.2 Å². The zero-order chi connectivity index (χ0) is 12.3. The summed E-state index contributed by atoms with van der Waals surface area (Å²) < 4.78 is 33.6. The maximum Gasteiger partial charge on any atom is 1.00 e. The van der Waals surface area contributed by atoms with E-state index in [1.807, 2.05) is 29.7 Å². The molecule has 7 heteroatoms. The van der Waals surface area contributed by atoms with E-state index >= 15 is 0 Å². The van der Waals surface area contributed by atoms with Crippen LogP contribution in [0.2, 0.25) is 0 Å². The molecule has 0 aromatic heterocycles. The molecule has 0 heterocycles. The van der Waals surface area contributed by atoms with Crippen LogP contribution in [0.3, 0.4) is 0 Å². The fourth-order valence-corrected chi connectivity index (χ4v) is 1.82. The third-order valence-corrected chi connectivity index (χ3v) is 2.83. The molecule has 1 aromatic carbocycles. The van der Waals surface area contributed by atoms with Crippen LogP contribution in [0.15, 0.2) is 18.2 Å². The van der Waals surface area contributed by atoms with E-state index in [0.717, 1.165) is 17.8 Å². The molecule has 0 aliphatic heterocycles. The Morgan fingerprint density at radius 3 is 2.41 bits per heavy atom. The van der Waals surface area contributed by atoms with Crippen LogP contribution in [-0.2, 0) is 10.3 Å². The Hall–Kier alpha value is -0.270. The number of anilines is 2. The van der Waals surface area contributed by atoms with E-state index in [9.17, 15) is 13.0 Å². The zero-order valence-corrected chi connectivity index (χ0v) is 13.3. The van der Waals surface area contributed by atoms with Gasteiger partial charge in [0.05, 0.1) is 5.69 Å². The first-order valence-electron chi connectivity index (χ1n) is 4.89. The Morgan fingerprint density at radius 2 is 2.00 bits per heavy atom.